The minimum absolute atomic E-state index is 0.124. The van der Waals surface area contributed by atoms with Gasteiger partial charge in [0.15, 0.2) is 0 Å². The number of rotatable bonds is 5. The molecule has 0 saturated heterocycles. The zero-order valence-corrected chi connectivity index (χ0v) is 10.7. The predicted octanol–water partition coefficient (Wildman–Crippen LogP) is 1.11. The first-order chi connectivity index (χ1) is 8.58. The van der Waals surface area contributed by atoms with Gasteiger partial charge in [-0.1, -0.05) is 6.92 Å². The molecule has 0 heterocycles. The fraction of sp³-hybridized carbons (Fsp3) is 0.385. The van der Waals surface area contributed by atoms with Gasteiger partial charge in [-0.05, 0) is 37.6 Å². The maximum absolute atomic E-state index is 11.5. The van der Waals surface area contributed by atoms with Crippen LogP contribution in [0.3, 0.4) is 0 Å². The molecular formula is C13H19N3O2. The zero-order chi connectivity index (χ0) is 13.5. The summed E-state index contributed by atoms with van der Waals surface area (Å²) in [5, 5.41) is 5.40. The quantitative estimate of drug-likeness (QED) is 0.731. The van der Waals surface area contributed by atoms with Crippen LogP contribution in [-0.2, 0) is 4.79 Å². The highest BCUT2D eigenvalue weighted by molar-refractivity contribution is 5.97. The minimum Gasteiger partial charge on any atom is -0.352 e. The third kappa shape index (κ3) is 3.85. The van der Waals surface area contributed by atoms with Crippen molar-refractivity contribution in [1.29, 1.82) is 0 Å². The van der Waals surface area contributed by atoms with Gasteiger partial charge >= 0.3 is 0 Å². The molecule has 1 aromatic rings. The number of amides is 2. The van der Waals surface area contributed by atoms with E-state index in [9.17, 15) is 9.59 Å². The molecule has 0 saturated carbocycles. The van der Waals surface area contributed by atoms with E-state index in [-0.39, 0.29) is 11.8 Å². The molecule has 1 rings (SSSR count). The smallest absolute Gasteiger partial charge is 0.251 e. The summed E-state index contributed by atoms with van der Waals surface area (Å²) < 4.78 is 0. The van der Waals surface area contributed by atoms with Crippen LogP contribution in [-0.4, -0.2) is 24.4 Å². The first kappa shape index (κ1) is 14.2. The summed E-state index contributed by atoms with van der Waals surface area (Å²) in [6, 6.07) is 6.19. The molecule has 2 amide bonds. The molecule has 1 unspecified atom stereocenters. The molecule has 18 heavy (non-hydrogen) atoms. The number of nitrogens with one attached hydrogen (secondary N) is 2. The molecule has 0 fully saturated rings. The van der Waals surface area contributed by atoms with Crippen molar-refractivity contribution in [3.8, 4) is 0 Å². The van der Waals surface area contributed by atoms with Gasteiger partial charge in [-0.15, -0.1) is 0 Å². The third-order valence-electron chi connectivity index (χ3n) is 2.53. The second-order valence-electron chi connectivity index (χ2n) is 3.94. The molecule has 5 nitrogen and oxygen atoms in total. The maximum Gasteiger partial charge on any atom is 0.251 e. The summed E-state index contributed by atoms with van der Waals surface area (Å²) in [6.45, 7) is 4.30. The lowest BCUT2D eigenvalue weighted by atomic mass is 10.1. The van der Waals surface area contributed by atoms with Gasteiger partial charge in [0.1, 0.15) is 0 Å². The molecule has 0 aliphatic carbocycles. The van der Waals surface area contributed by atoms with E-state index in [0.29, 0.717) is 24.2 Å². The van der Waals surface area contributed by atoms with Crippen molar-refractivity contribution in [3.05, 3.63) is 29.8 Å². The van der Waals surface area contributed by atoms with Crippen LogP contribution in [0.2, 0.25) is 0 Å². The summed E-state index contributed by atoms with van der Waals surface area (Å²) >= 11 is 0. The standard InChI is InChI=1S/C13H19N3O2/c1-3-11(14)13(18)16-10-7-5-9(6-8-10)12(17)15-4-2/h5-8,11H,3-4,14H2,1-2H3,(H,15,17)(H,16,18). The molecule has 0 aliphatic heterocycles. The molecule has 0 bridgehead atoms. The molecular weight excluding hydrogens is 230 g/mol. The molecule has 4 N–H and O–H groups in total. The number of anilines is 1. The number of benzene rings is 1. The summed E-state index contributed by atoms with van der Waals surface area (Å²) in [4.78, 5) is 23.1. The number of hydrogen-bond donors (Lipinski definition) is 3. The normalized spacial score (nSPS) is 11.7. The second-order valence-corrected chi connectivity index (χ2v) is 3.94. The molecule has 0 aromatic heterocycles. The van der Waals surface area contributed by atoms with E-state index in [4.69, 9.17) is 5.73 Å². The van der Waals surface area contributed by atoms with Crippen molar-refractivity contribution in [1.82, 2.24) is 5.32 Å². The summed E-state index contributed by atoms with van der Waals surface area (Å²) in [5.74, 6) is -0.344. The lowest BCUT2D eigenvalue weighted by molar-refractivity contribution is -0.117. The van der Waals surface area contributed by atoms with Crippen molar-refractivity contribution < 1.29 is 9.59 Å². The van der Waals surface area contributed by atoms with Gasteiger partial charge in [0, 0.05) is 17.8 Å². The summed E-state index contributed by atoms with van der Waals surface area (Å²) in [6.07, 6.45) is 0.586. The molecule has 0 radical (unpaired) electrons. The molecule has 0 spiro atoms. The number of nitrogens with two attached hydrogens (primary N) is 1. The molecule has 1 aromatic carbocycles. The summed E-state index contributed by atoms with van der Waals surface area (Å²) in [7, 11) is 0. The maximum atomic E-state index is 11.5. The van der Waals surface area contributed by atoms with Crippen molar-refractivity contribution in [3.63, 3.8) is 0 Å². The minimum atomic E-state index is -0.506. The topological polar surface area (TPSA) is 84.2 Å². The van der Waals surface area contributed by atoms with Crippen LogP contribution in [0.4, 0.5) is 5.69 Å². The average Bonchev–Trinajstić information content (AvgIpc) is 2.38. The third-order valence-corrected chi connectivity index (χ3v) is 2.53. The Bertz CT molecular complexity index is 415. The Morgan fingerprint density at radius 2 is 1.83 bits per heavy atom. The van der Waals surface area contributed by atoms with Gasteiger partial charge in [0.25, 0.3) is 5.91 Å². The van der Waals surface area contributed by atoms with Gasteiger partial charge in [-0.2, -0.15) is 0 Å². The molecule has 5 heteroatoms. The number of hydrogen-bond acceptors (Lipinski definition) is 3. The summed E-state index contributed by atoms with van der Waals surface area (Å²) in [5.41, 5.74) is 6.81. The first-order valence-corrected chi connectivity index (χ1v) is 6.03. The molecule has 1 atom stereocenters. The Kier molecular flexibility index (Phi) is 5.32. The molecule has 98 valence electrons. The highest BCUT2D eigenvalue weighted by Crippen LogP contribution is 2.10. The van der Waals surface area contributed by atoms with Crippen molar-refractivity contribution >= 4 is 17.5 Å². The second kappa shape index (κ2) is 6.76. The SMILES string of the molecule is CCNC(=O)c1ccc(NC(=O)C(N)CC)cc1. The van der Waals surface area contributed by atoms with Crippen LogP contribution in [0.1, 0.15) is 30.6 Å². The average molecular weight is 249 g/mol. The van der Waals surface area contributed by atoms with Crippen molar-refractivity contribution in [2.75, 3.05) is 11.9 Å². The van der Waals surface area contributed by atoms with E-state index >= 15 is 0 Å². The van der Waals surface area contributed by atoms with E-state index in [1.165, 1.54) is 0 Å². The van der Waals surface area contributed by atoms with Gasteiger partial charge in [0.05, 0.1) is 6.04 Å². The van der Waals surface area contributed by atoms with Gasteiger partial charge in [0.2, 0.25) is 5.91 Å². The predicted molar refractivity (Wildman–Crippen MR) is 71.3 cm³/mol. The molecule has 0 aliphatic rings. The number of carbonyl (C=O) groups is 2. The largest absolute Gasteiger partial charge is 0.352 e. The van der Waals surface area contributed by atoms with Crippen molar-refractivity contribution in [2.45, 2.75) is 26.3 Å². The monoisotopic (exact) mass is 249 g/mol. The Hall–Kier alpha value is -1.88. The van der Waals surface area contributed by atoms with E-state index in [2.05, 4.69) is 10.6 Å². The van der Waals surface area contributed by atoms with Gasteiger partial charge < -0.3 is 16.4 Å². The van der Waals surface area contributed by atoms with E-state index in [0.717, 1.165) is 0 Å². The van der Waals surface area contributed by atoms with Crippen LogP contribution < -0.4 is 16.4 Å². The zero-order valence-electron chi connectivity index (χ0n) is 10.7. The lowest BCUT2D eigenvalue weighted by Gasteiger charge is -2.10. The Morgan fingerprint density at radius 1 is 1.22 bits per heavy atom. The van der Waals surface area contributed by atoms with Crippen molar-refractivity contribution in [2.24, 2.45) is 5.73 Å². The van der Waals surface area contributed by atoms with Gasteiger partial charge in [-0.25, -0.2) is 0 Å². The first-order valence-electron chi connectivity index (χ1n) is 6.03. The van der Waals surface area contributed by atoms with Crippen LogP contribution in [0.25, 0.3) is 0 Å². The van der Waals surface area contributed by atoms with Crippen LogP contribution in [0, 0.1) is 0 Å². The lowest BCUT2D eigenvalue weighted by Crippen LogP contribution is -2.34. The van der Waals surface area contributed by atoms with Gasteiger partial charge in [-0.3, -0.25) is 9.59 Å². The Labute approximate surface area is 107 Å². The fourth-order valence-electron chi connectivity index (χ4n) is 1.39. The van der Waals surface area contributed by atoms with Crippen LogP contribution in [0.5, 0.6) is 0 Å². The highest BCUT2D eigenvalue weighted by Gasteiger charge is 2.11. The highest BCUT2D eigenvalue weighted by atomic mass is 16.2. The van der Waals surface area contributed by atoms with E-state index in [1.807, 2.05) is 13.8 Å². The Balaban J connectivity index is 2.66. The Morgan fingerprint density at radius 3 is 2.33 bits per heavy atom. The fourth-order valence-corrected chi connectivity index (χ4v) is 1.39. The van der Waals surface area contributed by atoms with E-state index < -0.39 is 6.04 Å². The van der Waals surface area contributed by atoms with Crippen LogP contribution >= 0.6 is 0 Å². The van der Waals surface area contributed by atoms with E-state index in [1.54, 1.807) is 24.3 Å². The van der Waals surface area contributed by atoms with Crippen LogP contribution in [0.15, 0.2) is 24.3 Å². The number of carbonyl (C=O) groups excluding carboxylic acids is 2.